The molecule has 7 heteroatoms. The highest BCUT2D eigenvalue weighted by Crippen LogP contribution is 2.37. The molecular formula is C22H29N3O2S2. The fraction of sp³-hybridized carbons (Fsp3) is 0.591. The first-order valence-corrected chi connectivity index (χ1v) is 12.3. The molecule has 1 N–H and O–H groups in total. The zero-order chi connectivity index (χ0) is 20.5. The van der Waals surface area contributed by atoms with Gasteiger partial charge < -0.3 is 5.32 Å². The molecule has 0 aromatic carbocycles. The highest BCUT2D eigenvalue weighted by molar-refractivity contribution is 8.00. The van der Waals surface area contributed by atoms with Crippen molar-refractivity contribution >= 4 is 39.2 Å². The summed E-state index contributed by atoms with van der Waals surface area (Å²) >= 11 is 3.03. The Hall–Kier alpha value is -1.60. The topological polar surface area (TPSA) is 64.0 Å². The Kier molecular flexibility index (Phi) is 6.16. The van der Waals surface area contributed by atoms with Crippen molar-refractivity contribution in [2.75, 3.05) is 0 Å². The van der Waals surface area contributed by atoms with Gasteiger partial charge in [-0.05, 0) is 50.5 Å². The molecule has 1 amide bonds. The second-order valence-corrected chi connectivity index (χ2v) is 10.8. The van der Waals surface area contributed by atoms with Crippen molar-refractivity contribution in [1.82, 2.24) is 14.9 Å². The quantitative estimate of drug-likeness (QED) is 0.421. The van der Waals surface area contributed by atoms with Crippen molar-refractivity contribution in [2.24, 2.45) is 5.92 Å². The van der Waals surface area contributed by atoms with Crippen LogP contribution in [0.3, 0.4) is 0 Å². The van der Waals surface area contributed by atoms with Crippen LogP contribution in [0.1, 0.15) is 56.4 Å². The number of rotatable bonds is 6. The van der Waals surface area contributed by atoms with Crippen LogP contribution in [0.2, 0.25) is 0 Å². The molecule has 4 rings (SSSR count). The van der Waals surface area contributed by atoms with E-state index in [2.05, 4.69) is 18.8 Å². The van der Waals surface area contributed by atoms with Gasteiger partial charge in [-0.1, -0.05) is 37.6 Å². The Morgan fingerprint density at radius 3 is 2.90 bits per heavy atom. The monoisotopic (exact) mass is 431 g/mol. The molecule has 0 bridgehead atoms. The lowest BCUT2D eigenvalue weighted by molar-refractivity contribution is -0.120. The van der Waals surface area contributed by atoms with Crippen molar-refractivity contribution in [2.45, 2.75) is 81.8 Å². The van der Waals surface area contributed by atoms with Crippen molar-refractivity contribution in [3.63, 3.8) is 0 Å². The lowest BCUT2D eigenvalue weighted by Gasteiger charge is -2.18. The summed E-state index contributed by atoms with van der Waals surface area (Å²) in [6, 6.07) is 0.294. The fourth-order valence-electron chi connectivity index (χ4n) is 4.39. The van der Waals surface area contributed by atoms with E-state index in [4.69, 9.17) is 4.98 Å². The summed E-state index contributed by atoms with van der Waals surface area (Å²) in [6.07, 6.45) is 9.32. The third-order valence-corrected chi connectivity index (χ3v) is 8.28. The number of carbonyl (C=O) groups excluding carboxylic acids is 1. The number of aryl methyl sites for hydroxylation is 1. The number of allylic oxidation sites excluding steroid dienone is 1. The number of hydrogen-bond acceptors (Lipinski definition) is 5. The number of aromatic nitrogens is 2. The van der Waals surface area contributed by atoms with Crippen LogP contribution in [0.25, 0.3) is 10.2 Å². The van der Waals surface area contributed by atoms with Gasteiger partial charge in [0.05, 0.1) is 10.6 Å². The Balaban J connectivity index is 1.66. The molecule has 2 aliphatic carbocycles. The molecule has 2 aromatic rings. The molecule has 2 aromatic heterocycles. The third kappa shape index (κ3) is 4.17. The summed E-state index contributed by atoms with van der Waals surface area (Å²) in [5.74, 6) is 0.680. The van der Waals surface area contributed by atoms with Crippen molar-refractivity contribution < 1.29 is 4.79 Å². The number of fused-ring (bicyclic) bond motifs is 3. The minimum Gasteiger partial charge on any atom is -0.352 e. The number of amides is 1. The second-order valence-electron chi connectivity index (χ2n) is 8.38. The molecule has 2 atom stereocenters. The minimum atomic E-state index is -0.300. The summed E-state index contributed by atoms with van der Waals surface area (Å²) < 4.78 is 1.68. The predicted molar refractivity (Wildman–Crippen MR) is 121 cm³/mol. The van der Waals surface area contributed by atoms with Crippen LogP contribution in [0.15, 0.2) is 22.6 Å². The van der Waals surface area contributed by atoms with E-state index in [1.807, 2.05) is 6.92 Å². The Morgan fingerprint density at radius 2 is 2.17 bits per heavy atom. The summed E-state index contributed by atoms with van der Waals surface area (Å²) in [4.78, 5) is 33.0. The molecule has 0 radical (unpaired) electrons. The molecule has 0 aliphatic heterocycles. The van der Waals surface area contributed by atoms with Gasteiger partial charge >= 0.3 is 0 Å². The molecular weight excluding hydrogens is 402 g/mol. The fourth-order valence-corrected chi connectivity index (χ4v) is 6.74. The number of thiophene rings is 1. The number of nitrogens with zero attached hydrogens (tertiary/aromatic N) is 2. The van der Waals surface area contributed by atoms with Crippen LogP contribution in [-0.2, 0) is 24.2 Å². The van der Waals surface area contributed by atoms with Gasteiger partial charge in [-0.2, -0.15) is 0 Å². The molecule has 29 heavy (non-hydrogen) atoms. The number of nitrogens with one attached hydrogen (secondary N) is 1. The SMILES string of the molecule is C=CCn1c(S[C@@H](C)C(=O)NC2CCCC2)nc2sc3c(c2c1=O)CC[C@H](C)C3. The zero-order valence-electron chi connectivity index (χ0n) is 17.2. The van der Waals surface area contributed by atoms with Crippen LogP contribution in [0, 0.1) is 5.92 Å². The van der Waals surface area contributed by atoms with Gasteiger partial charge in [0.1, 0.15) is 4.83 Å². The van der Waals surface area contributed by atoms with Crippen LogP contribution in [-0.4, -0.2) is 26.8 Å². The van der Waals surface area contributed by atoms with E-state index < -0.39 is 0 Å². The van der Waals surface area contributed by atoms with E-state index >= 15 is 0 Å². The maximum Gasteiger partial charge on any atom is 0.263 e. The van der Waals surface area contributed by atoms with E-state index in [-0.39, 0.29) is 16.7 Å². The highest BCUT2D eigenvalue weighted by atomic mass is 32.2. The lowest BCUT2D eigenvalue weighted by Crippen LogP contribution is -2.38. The van der Waals surface area contributed by atoms with Gasteiger partial charge in [-0.3, -0.25) is 14.2 Å². The Morgan fingerprint density at radius 1 is 1.41 bits per heavy atom. The van der Waals surface area contributed by atoms with E-state index in [1.54, 1.807) is 22.0 Å². The van der Waals surface area contributed by atoms with Crippen LogP contribution >= 0.6 is 23.1 Å². The van der Waals surface area contributed by atoms with Gasteiger partial charge in [-0.25, -0.2) is 4.98 Å². The van der Waals surface area contributed by atoms with Gasteiger partial charge in [0, 0.05) is 17.5 Å². The average Bonchev–Trinajstić information content (AvgIpc) is 3.31. The minimum absolute atomic E-state index is 0.00727. The van der Waals surface area contributed by atoms with Gasteiger partial charge in [-0.15, -0.1) is 17.9 Å². The second kappa shape index (κ2) is 8.64. The van der Waals surface area contributed by atoms with Gasteiger partial charge in [0.25, 0.3) is 5.56 Å². The summed E-state index contributed by atoms with van der Waals surface area (Å²) in [5, 5.41) is 4.25. The molecule has 156 valence electrons. The smallest absolute Gasteiger partial charge is 0.263 e. The summed E-state index contributed by atoms with van der Waals surface area (Å²) in [5.41, 5.74) is 1.20. The molecule has 2 aliphatic rings. The van der Waals surface area contributed by atoms with E-state index in [9.17, 15) is 9.59 Å². The molecule has 0 saturated heterocycles. The first-order chi connectivity index (χ1) is 14.0. The first kappa shape index (κ1) is 20.7. The molecule has 1 fully saturated rings. The first-order valence-electron chi connectivity index (χ1n) is 10.6. The maximum atomic E-state index is 13.4. The van der Waals surface area contributed by atoms with E-state index in [0.29, 0.717) is 23.7 Å². The number of hydrogen-bond donors (Lipinski definition) is 1. The maximum absolute atomic E-state index is 13.4. The summed E-state index contributed by atoms with van der Waals surface area (Å²) in [6.45, 7) is 8.38. The standard InChI is InChI=1S/C22H29N3O2S2/c1-4-11-25-21(27)18-16-10-9-13(2)12-17(16)29-20(18)24-22(25)28-14(3)19(26)23-15-7-5-6-8-15/h4,13-15H,1,5-12H2,2-3H3,(H,23,26)/t13-,14-/m0/s1. The van der Waals surface area contributed by atoms with Crippen molar-refractivity contribution in [3.05, 3.63) is 33.4 Å². The van der Waals surface area contributed by atoms with Crippen LogP contribution in [0.5, 0.6) is 0 Å². The van der Waals surface area contributed by atoms with Crippen LogP contribution in [0.4, 0.5) is 0 Å². The third-order valence-electron chi connectivity index (χ3n) is 6.04. The van der Waals surface area contributed by atoms with Crippen molar-refractivity contribution in [1.29, 1.82) is 0 Å². The zero-order valence-corrected chi connectivity index (χ0v) is 18.8. The van der Waals surface area contributed by atoms with Crippen LogP contribution < -0.4 is 10.9 Å². The van der Waals surface area contributed by atoms with E-state index in [1.165, 1.54) is 35.0 Å². The predicted octanol–water partition coefficient (Wildman–Crippen LogP) is 4.31. The average molecular weight is 432 g/mol. The number of carbonyl (C=O) groups is 1. The van der Waals surface area contributed by atoms with Gasteiger partial charge in [0.2, 0.25) is 5.91 Å². The lowest BCUT2D eigenvalue weighted by atomic mass is 9.89. The van der Waals surface area contributed by atoms with E-state index in [0.717, 1.165) is 42.3 Å². The Labute approximate surface area is 180 Å². The van der Waals surface area contributed by atoms with Crippen molar-refractivity contribution in [3.8, 4) is 0 Å². The highest BCUT2D eigenvalue weighted by Gasteiger charge is 2.27. The molecule has 0 spiro atoms. The molecule has 2 heterocycles. The summed E-state index contributed by atoms with van der Waals surface area (Å²) in [7, 11) is 0. The largest absolute Gasteiger partial charge is 0.352 e. The normalized spacial score (nSPS) is 20.6. The molecule has 1 saturated carbocycles. The molecule has 0 unspecified atom stereocenters. The number of thioether (sulfide) groups is 1. The molecule has 5 nitrogen and oxygen atoms in total. The van der Waals surface area contributed by atoms with Gasteiger partial charge in [0.15, 0.2) is 5.16 Å². The Bertz CT molecular complexity index is 988.